The number of unbranched alkanes of at least 4 members (excludes halogenated alkanes) is 28. The molecule has 0 heterocycles. The molecule has 0 aromatic carbocycles. The predicted molar refractivity (Wildman–Crippen MR) is 316 cm³/mol. The third-order valence-corrected chi connectivity index (χ3v) is 13.0. The van der Waals surface area contributed by atoms with Crippen LogP contribution in [-0.4, -0.2) is 37.2 Å². The maximum atomic E-state index is 12.8. The van der Waals surface area contributed by atoms with Crippen molar-refractivity contribution in [1.29, 1.82) is 0 Å². The zero-order valence-electron chi connectivity index (χ0n) is 47.9. The van der Waals surface area contributed by atoms with Gasteiger partial charge in [0.15, 0.2) is 6.10 Å². The van der Waals surface area contributed by atoms with Crippen molar-refractivity contribution in [3.05, 3.63) is 97.2 Å². The molecule has 0 fully saturated rings. The molecule has 0 saturated carbocycles. The average molecular weight is 1020 g/mol. The zero-order chi connectivity index (χ0) is 52.9. The summed E-state index contributed by atoms with van der Waals surface area (Å²) >= 11 is 0. The monoisotopic (exact) mass is 1010 g/mol. The highest BCUT2D eigenvalue weighted by Crippen LogP contribution is 2.16. The smallest absolute Gasteiger partial charge is 0.306 e. The average Bonchev–Trinajstić information content (AvgIpc) is 3.39. The topological polar surface area (TPSA) is 78.9 Å². The molecule has 6 nitrogen and oxygen atoms in total. The van der Waals surface area contributed by atoms with Crippen molar-refractivity contribution < 1.29 is 28.6 Å². The van der Waals surface area contributed by atoms with Crippen LogP contribution in [0.25, 0.3) is 0 Å². The van der Waals surface area contributed by atoms with E-state index >= 15 is 0 Å². The highest BCUT2D eigenvalue weighted by molar-refractivity contribution is 5.71. The summed E-state index contributed by atoms with van der Waals surface area (Å²) < 4.78 is 16.8. The van der Waals surface area contributed by atoms with Crippen molar-refractivity contribution in [3.63, 3.8) is 0 Å². The SMILES string of the molecule is CC/C=C\C/C=C\C/C=C\C/C=C\CCCCC(=O)OC(COC(=O)CCCCCCC/C=C\C/C=C\CCC)COC(=O)CCCCCCCCCCCCCCCCC/C=C\C/C=C\CCCCCCC. The van der Waals surface area contributed by atoms with Crippen LogP contribution in [0, 0.1) is 0 Å². The van der Waals surface area contributed by atoms with E-state index in [2.05, 4.69) is 118 Å². The number of hydrogen-bond acceptors (Lipinski definition) is 6. The minimum Gasteiger partial charge on any atom is -0.462 e. The van der Waals surface area contributed by atoms with Gasteiger partial charge in [0, 0.05) is 19.3 Å². The molecule has 1 atom stereocenters. The van der Waals surface area contributed by atoms with Gasteiger partial charge in [-0.25, -0.2) is 0 Å². The molecule has 0 bridgehead atoms. The Hall–Kier alpha value is -3.67. The molecule has 0 spiro atoms. The molecule has 0 amide bonds. The van der Waals surface area contributed by atoms with Crippen molar-refractivity contribution >= 4 is 17.9 Å². The van der Waals surface area contributed by atoms with E-state index in [1.165, 1.54) is 128 Å². The minimum absolute atomic E-state index is 0.0983. The fourth-order valence-corrected chi connectivity index (χ4v) is 8.44. The van der Waals surface area contributed by atoms with Gasteiger partial charge >= 0.3 is 17.9 Å². The van der Waals surface area contributed by atoms with E-state index in [0.717, 1.165) is 116 Å². The summed E-state index contributed by atoms with van der Waals surface area (Å²) in [6.45, 7) is 6.42. The van der Waals surface area contributed by atoms with E-state index in [-0.39, 0.29) is 37.5 Å². The fourth-order valence-electron chi connectivity index (χ4n) is 8.44. The zero-order valence-corrected chi connectivity index (χ0v) is 47.9. The predicted octanol–water partition coefficient (Wildman–Crippen LogP) is 20.9. The second kappa shape index (κ2) is 60.9. The lowest BCUT2D eigenvalue weighted by Crippen LogP contribution is -2.30. The molecule has 0 rings (SSSR count). The van der Waals surface area contributed by atoms with Crippen molar-refractivity contribution in [3.8, 4) is 0 Å². The number of esters is 3. The van der Waals surface area contributed by atoms with Crippen LogP contribution in [0.1, 0.15) is 290 Å². The maximum absolute atomic E-state index is 12.8. The van der Waals surface area contributed by atoms with Gasteiger partial charge in [-0.1, -0.05) is 253 Å². The maximum Gasteiger partial charge on any atom is 0.306 e. The standard InChI is InChI=1S/C67H114O6/c1-4-7-10-13-16-19-22-25-27-28-29-30-31-32-33-34-35-36-37-38-40-42-45-48-51-54-57-60-66(69)72-63-64(62-71-65(68)59-56-53-50-47-44-41-24-21-18-15-12-9-6-3)73-67(70)61-58-55-52-49-46-43-39-26-23-20-17-14-11-8-5-2/h8,11-12,15,17,20-22,24-26,28-29,39,46,49,64H,4-7,9-10,13-14,16,18-19,23,27,30-38,40-45,47-48,50-63H2,1-3H3/b11-8-,15-12-,20-17-,24-21-,25-22-,29-28-,39-26-,49-46-. The van der Waals surface area contributed by atoms with Crippen molar-refractivity contribution in [2.45, 2.75) is 297 Å². The van der Waals surface area contributed by atoms with Crippen LogP contribution >= 0.6 is 0 Å². The Balaban J connectivity index is 4.28. The third-order valence-electron chi connectivity index (χ3n) is 13.0. The minimum atomic E-state index is -0.806. The number of rotatable bonds is 55. The first-order chi connectivity index (χ1) is 36.0. The molecule has 0 aromatic heterocycles. The summed E-state index contributed by atoms with van der Waals surface area (Å²) in [6.07, 6.45) is 81.4. The summed E-state index contributed by atoms with van der Waals surface area (Å²) in [7, 11) is 0. The number of carbonyl (C=O) groups excluding carboxylic acids is 3. The van der Waals surface area contributed by atoms with Crippen LogP contribution in [-0.2, 0) is 28.6 Å². The Bertz CT molecular complexity index is 1440. The van der Waals surface area contributed by atoms with Gasteiger partial charge in [-0.05, 0) is 116 Å². The molecule has 0 aliphatic carbocycles. The fraction of sp³-hybridized carbons (Fsp3) is 0.716. The van der Waals surface area contributed by atoms with Gasteiger partial charge in [0.05, 0.1) is 0 Å². The molecule has 1 unspecified atom stereocenters. The number of ether oxygens (including phenoxy) is 3. The first-order valence-electron chi connectivity index (χ1n) is 30.7. The molecule has 6 heteroatoms. The molecule has 73 heavy (non-hydrogen) atoms. The number of hydrogen-bond donors (Lipinski definition) is 0. The van der Waals surface area contributed by atoms with E-state index in [1.54, 1.807) is 0 Å². The van der Waals surface area contributed by atoms with Gasteiger partial charge in [0.2, 0.25) is 0 Å². The normalized spacial score (nSPS) is 12.8. The Morgan fingerprint density at radius 3 is 0.918 bits per heavy atom. The second-order valence-electron chi connectivity index (χ2n) is 20.2. The van der Waals surface area contributed by atoms with Gasteiger partial charge in [-0.15, -0.1) is 0 Å². The summed E-state index contributed by atoms with van der Waals surface area (Å²) in [5.74, 6) is -0.950. The van der Waals surface area contributed by atoms with E-state index in [4.69, 9.17) is 14.2 Å². The van der Waals surface area contributed by atoms with E-state index in [1.807, 2.05) is 0 Å². The summed E-state index contributed by atoms with van der Waals surface area (Å²) in [6, 6.07) is 0. The van der Waals surface area contributed by atoms with Crippen LogP contribution in [0.5, 0.6) is 0 Å². The number of carbonyl (C=O) groups is 3. The van der Waals surface area contributed by atoms with Crippen LogP contribution in [0.15, 0.2) is 97.2 Å². The van der Waals surface area contributed by atoms with Crippen molar-refractivity contribution in [2.24, 2.45) is 0 Å². The molecular weight excluding hydrogens is 901 g/mol. The molecule has 418 valence electrons. The van der Waals surface area contributed by atoms with Crippen LogP contribution < -0.4 is 0 Å². The number of allylic oxidation sites excluding steroid dienone is 16. The molecular formula is C67H114O6. The van der Waals surface area contributed by atoms with Crippen LogP contribution in [0.4, 0.5) is 0 Å². The quantitative estimate of drug-likeness (QED) is 0.0261. The Morgan fingerprint density at radius 1 is 0.288 bits per heavy atom. The Labute approximate surface area is 451 Å². The highest BCUT2D eigenvalue weighted by Gasteiger charge is 2.19. The van der Waals surface area contributed by atoms with Gasteiger partial charge in [0.1, 0.15) is 13.2 Å². The van der Waals surface area contributed by atoms with Gasteiger partial charge in [0.25, 0.3) is 0 Å². The molecule has 0 aliphatic rings. The summed E-state index contributed by atoms with van der Waals surface area (Å²) in [4.78, 5) is 38.2. The largest absolute Gasteiger partial charge is 0.462 e. The Kier molecular flexibility index (Phi) is 57.8. The molecule has 0 aliphatic heterocycles. The first-order valence-corrected chi connectivity index (χ1v) is 30.7. The lowest BCUT2D eigenvalue weighted by Gasteiger charge is -2.18. The molecule has 0 radical (unpaired) electrons. The van der Waals surface area contributed by atoms with Gasteiger partial charge in [-0.3, -0.25) is 14.4 Å². The Morgan fingerprint density at radius 2 is 0.562 bits per heavy atom. The van der Waals surface area contributed by atoms with Crippen molar-refractivity contribution in [2.75, 3.05) is 13.2 Å². The lowest BCUT2D eigenvalue weighted by molar-refractivity contribution is -0.167. The van der Waals surface area contributed by atoms with Crippen LogP contribution in [0.3, 0.4) is 0 Å². The summed E-state index contributed by atoms with van der Waals surface area (Å²) in [5.41, 5.74) is 0. The first kappa shape index (κ1) is 69.3. The lowest BCUT2D eigenvalue weighted by atomic mass is 10.0. The van der Waals surface area contributed by atoms with E-state index in [9.17, 15) is 14.4 Å². The van der Waals surface area contributed by atoms with E-state index in [0.29, 0.717) is 19.3 Å². The van der Waals surface area contributed by atoms with Crippen molar-refractivity contribution in [1.82, 2.24) is 0 Å². The highest BCUT2D eigenvalue weighted by atomic mass is 16.6. The van der Waals surface area contributed by atoms with Crippen LogP contribution in [0.2, 0.25) is 0 Å². The third kappa shape index (κ3) is 59.1. The van der Waals surface area contributed by atoms with Gasteiger partial charge < -0.3 is 14.2 Å². The molecule has 0 saturated heterocycles. The van der Waals surface area contributed by atoms with E-state index < -0.39 is 6.10 Å². The molecule has 0 aromatic rings. The molecule has 0 N–H and O–H groups in total. The summed E-state index contributed by atoms with van der Waals surface area (Å²) in [5, 5.41) is 0. The second-order valence-corrected chi connectivity index (χ2v) is 20.2. The van der Waals surface area contributed by atoms with Gasteiger partial charge in [-0.2, -0.15) is 0 Å².